The van der Waals surface area contributed by atoms with Crippen LogP contribution in [-0.2, 0) is 9.47 Å². The summed E-state index contributed by atoms with van der Waals surface area (Å²) in [4.78, 5) is 18.7. The van der Waals surface area contributed by atoms with E-state index >= 15 is 0 Å². The van der Waals surface area contributed by atoms with Gasteiger partial charge in [0, 0.05) is 31.5 Å². The third kappa shape index (κ3) is 3.85. The van der Waals surface area contributed by atoms with Gasteiger partial charge in [-0.1, -0.05) is 0 Å². The number of anilines is 2. The molecule has 8 nitrogen and oxygen atoms in total. The van der Waals surface area contributed by atoms with Crippen LogP contribution in [0.15, 0.2) is 22.6 Å². The summed E-state index contributed by atoms with van der Waals surface area (Å²) in [6.45, 7) is 4.23. The molecule has 25 heavy (non-hydrogen) atoms. The second-order valence-electron chi connectivity index (χ2n) is 6.29. The van der Waals surface area contributed by atoms with Crippen molar-refractivity contribution in [3.05, 3.63) is 18.2 Å². The number of rotatable bonds is 3. The van der Waals surface area contributed by atoms with Gasteiger partial charge in [0.25, 0.3) is 6.01 Å². The number of urea groups is 1. The predicted octanol–water partition coefficient (Wildman–Crippen LogP) is 1.96. The standard InChI is InChI=1S/C17H22N4O4/c22-16(19-13-2-1-7-24-11-13)18-12-3-4-14-15(10-12)25-17(20-14)21-5-8-23-9-6-21/h3-4,10,13H,1-2,5-9,11H2,(H2,18,19,22). The molecule has 2 aliphatic heterocycles. The molecule has 0 spiro atoms. The normalized spacial score (nSPS) is 21.3. The first-order chi connectivity index (χ1) is 12.3. The minimum absolute atomic E-state index is 0.0654. The third-order valence-electron chi connectivity index (χ3n) is 4.41. The topological polar surface area (TPSA) is 88.9 Å². The maximum absolute atomic E-state index is 12.1. The van der Waals surface area contributed by atoms with Crippen LogP contribution < -0.4 is 15.5 Å². The first-order valence-electron chi connectivity index (χ1n) is 8.66. The fourth-order valence-corrected chi connectivity index (χ4v) is 3.09. The molecule has 0 saturated carbocycles. The number of oxazole rings is 1. The lowest BCUT2D eigenvalue weighted by atomic mass is 10.1. The number of nitrogens with one attached hydrogen (secondary N) is 2. The van der Waals surface area contributed by atoms with Crippen molar-refractivity contribution >= 4 is 28.8 Å². The molecule has 0 aliphatic carbocycles. The summed E-state index contributed by atoms with van der Waals surface area (Å²) in [7, 11) is 0. The largest absolute Gasteiger partial charge is 0.423 e. The van der Waals surface area contributed by atoms with Crippen molar-refractivity contribution < 1.29 is 18.7 Å². The summed E-state index contributed by atoms with van der Waals surface area (Å²) in [5, 5.41) is 5.77. The van der Waals surface area contributed by atoms with E-state index < -0.39 is 0 Å². The van der Waals surface area contributed by atoms with E-state index in [1.807, 2.05) is 12.1 Å². The van der Waals surface area contributed by atoms with Gasteiger partial charge in [-0.3, -0.25) is 0 Å². The number of hydrogen-bond donors (Lipinski definition) is 2. The fraction of sp³-hybridized carbons (Fsp3) is 0.529. The van der Waals surface area contributed by atoms with Crippen LogP contribution in [-0.4, -0.2) is 56.6 Å². The Bertz CT molecular complexity index is 735. The van der Waals surface area contributed by atoms with Crippen LogP contribution in [0.2, 0.25) is 0 Å². The van der Waals surface area contributed by atoms with E-state index in [0.717, 1.165) is 38.1 Å². The molecule has 3 heterocycles. The molecule has 2 N–H and O–H groups in total. The number of carbonyl (C=O) groups excluding carboxylic acids is 1. The van der Waals surface area contributed by atoms with Crippen LogP contribution in [0.3, 0.4) is 0 Å². The Morgan fingerprint density at radius 1 is 1.20 bits per heavy atom. The summed E-state index contributed by atoms with van der Waals surface area (Å²) >= 11 is 0. The van der Waals surface area contributed by atoms with Crippen LogP contribution in [0.5, 0.6) is 0 Å². The van der Waals surface area contributed by atoms with Crippen molar-refractivity contribution in [3.63, 3.8) is 0 Å². The van der Waals surface area contributed by atoms with Gasteiger partial charge in [-0.15, -0.1) is 0 Å². The van der Waals surface area contributed by atoms with Crippen LogP contribution in [0.4, 0.5) is 16.5 Å². The van der Waals surface area contributed by atoms with Gasteiger partial charge in [0.2, 0.25) is 0 Å². The van der Waals surface area contributed by atoms with Crippen LogP contribution in [0.25, 0.3) is 11.1 Å². The van der Waals surface area contributed by atoms with Crippen LogP contribution in [0, 0.1) is 0 Å². The first kappa shape index (κ1) is 16.2. The van der Waals surface area contributed by atoms with Crippen molar-refractivity contribution in [2.45, 2.75) is 18.9 Å². The Balaban J connectivity index is 1.42. The van der Waals surface area contributed by atoms with Crippen molar-refractivity contribution in [2.75, 3.05) is 49.7 Å². The average Bonchev–Trinajstić information content (AvgIpc) is 3.06. The number of hydrogen-bond acceptors (Lipinski definition) is 6. The number of aromatic nitrogens is 1. The van der Waals surface area contributed by atoms with Crippen molar-refractivity contribution in [2.24, 2.45) is 0 Å². The number of carbonyl (C=O) groups is 1. The van der Waals surface area contributed by atoms with Crippen LogP contribution in [0.1, 0.15) is 12.8 Å². The summed E-state index contributed by atoms with van der Waals surface area (Å²) < 4.78 is 16.6. The summed E-state index contributed by atoms with van der Waals surface area (Å²) in [5.41, 5.74) is 2.10. The van der Waals surface area contributed by atoms with E-state index in [0.29, 0.717) is 37.1 Å². The third-order valence-corrected chi connectivity index (χ3v) is 4.41. The summed E-state index contributed by atoms with van der Waals surface area (Å²) in [5.74, 6) is 0. The molecule has 2 saturated heterocycles. The zero-order valence-corrected chi connectivity index (χ0v) is 14.0. The molecule has 134 valence electrons. The second-order valence-corrected chi connectivity index (χ2v) is 6.29. The van der Waals surface area contributed by atoms with Crippen molar-refractivity contribution in [1.82, 2.24) is 10.3 Å². The van der Waals surface area contributed by atoms with Gasteiger partial charge in [-0.05, 0) is 25.0 Å². The molecule has 4 rings (SSSR count). The zero-order valence-electron chi connectivity index (χ0n) is 14.0. The Kier molecular flexibility index (Phi) is 4.71. The zero-order chi connectivity index (χ0) is 17.1. The highest BCUT2D eigenvalue weighted by atomic mass is 16.5. The molecule has 1 aromatic carbocycles. The van der Waals surface area contributed by atoms with Crippen molar-refractivity contribution in [3.8, 4) is 0 Å². The molecular weight excluding hydrogens is 324 g/mol. The lowest BCUT2D eigenvalue weighted by molar-refractivity contribution is 0.0739. The number of amides is 2. The van der Waals surface area contributed by atoms with E-state index in [2.05, 4.69) is 20.5 Å². The van der Waals surface area contributed by atoms with Gasteiger partial charge in [0.1, 0.15) is 5.52 Å². The number of fused-ring (bicyclic) bond motifs is 1. The van der Waals surface area contributed by atoms with Gasteiger partial charge < -0.3 is 29.4 Å². The van der Waals surface area contributed by atoms with E-state index in [-0.39, 0.29) is 12.1 Å². The lowest BCUT2D eigenvalue weighted by Gasteiger charge is -2.24. The van der Waals surface area contributed by atoms with Gasteiger partial charge >= 0.3 is 6.03 Å². The van der Waals surface area contributed by atoms with Gasteiger partial charge in [-0.25, -0.2) is 4.79 Å². The van der Waals surface area contributed by atoms with Crippen LogP contribution >= 0.6 is 0 Å². The number of nitrogens with zero attached hydrogens (tertiary/aromatic N) is 2. The maximum Gasteiger partial charge on any atom is 0.319 e. The molecule has 2 fully saturated rings. The molecule has 2 amide bonds. The molecule has 1 aromatic heterocycles. The second kappa shape index (κ2) is 7.28. The van der Waals surface area contributed by atoms with E-state index in [1.54, 1.807) is 6.07 Å². The molecule has 8 heteroatoms. The minimum atomic E-state index is -0.234. The van der Waals surface area contributed by atoms with E-state index in [4.69, 9.17) is 13.9 Å². The average molecular weight is 346 g/mol. The van der Waals surface area contributed by atoms with Crippen molar-refractivity contribution in [1.29, 1.82) is 0 Å². The fourth-order valence-electron chi connectivity index (χ4n) is 3.09. The molecule has 1 atom stereocenters. The Morgan fingerprint density at radius 3 is 2.88 bits per heavy atom. The Morgan fingerprint density at radius 2 is 2.08 bits per heavy atom. The Hall–Kier alpha value is -2.32. The highest BCUT2D eigenvalue weighted by Crippen LogP contribution is 2.25. The van der Waals surface area contributed by atoms with Gasteiger partial charge in [0.05, 0.1) is 25.9 Å². The molecule has 1 unspecified atom stereocenters. The quantitative estimate of drug-likeness (QED) is 0.883. The SMILES string of the molecule is O=C(Nc1ccc2nc(N3CCOCC3)oc2c1)NC1CCCOC1. The number of benzene rings is 1. The maximum atomic E-state index is 12.1. The highest BCUT2D eigenvalue weighted by molar-refractivity contribution is 5.91. The van der Waals surface area contributed by atoms with Gasteiger partial charge in [0.15, 0.2) is 5.58 Å². The first-order valence-corrected chi connectivity index (χ1v) is 8.66. The van der Waals surface area contributed by atoms with E-state index in [1.165, 1.54) is 0 Å². The van der Waals surface area contributed by atoms with Gasteiger partial charge in [-0.2, -0.15) is 4.98 Å². The predicted molar refractivity (Wildman–Crippen MR) is 93.0 cm³/mol. The number of ether oxygens (including phenoxy) is 2. The molecule has 0 radical (unpaired) electrons. The minimum Gasteiger partial charge on any atom is -0.423 e. The van der Waals surface area contributed by atoms with E-state index in [9.17, 15) is 4.79 Å². The monoisotopic (exact) mass is 346 g/mol. The summed E-state index contributed by atoms with van der Waals surface area (Å²) in [6, 6.07) is 5.90. The smallest absolute Gasteiger partial charge is 0.319 e. The molecular formula is C17H22N4O4. The lowest BCUT2D eigenvalue weighted by Crippen LogP contribution is -2.42. The molecule has 2 aliphatic rings. The molecule has 0 bridgehead atoms. The Labute approximate surface area is 145 Å². The number of morpholine rings is 1. The molecule has 2 aromatic rings. The summed E-state index contributed by atoms with van der Waals surface area (Å²) in [6.07, 6.45) is 1.91. The highest BCUT2D eigenvalue weighted by Gasteiger charge is 2.18.